The zero-order chi connectivity index (χ0) is 16.6. The first-order valence-corrected chi connectivity index (χ1v) is 9.17. The summed E-state index contributed by atoms with van der Waals surface area (Å²) in [6.07, 6.45) is 6.34. The lowest BCUT2D eigenvalue weighted by Gasteiger charge is -2.48. The fraction of sp³-hybridized carbons (Fsp3) is 0.632. The zero-order valence-electron chi connectivity index (χ0n) is 14.4. The van der Waals surface area contributed by atoms with Gasteiger partial charge in [0.15, 0.2) is 0 Å². The molecule has 1 saturated carbocycles. The van der Waals surface area contributed by atoms with Gasteiger partial charge in [-0.1, -0.05) is 18.2 Å². The molecular weight excluding hydrogens is 302 g/mol. The number of carbonyl (C=O) groups is 1. The van der Waals surface area contributed by atoms with Crippen LogP contribution in [-0.4, -0.2) is 42.7 Å². The monoisotopic (exact) mass is 329 g/mol. The number of urea groups is 1. The third-order valence-electron chi connectivity index (χ3n) is 5.82. The molecule has 5 nitrogen and oxygen atoms in total. The van der Waals surface area contributed by atoms with Gasteiger partial charge in [0.25, 0.3) is 0 Å². The van der Waals surface area contributed by atoms with Crippen LogP contribution in [0.2, 0.25) is 0 Å². The predicted octanol–water partition coefficient (Wildman–Crippen LogP) is 2.83. The van der Waals surface area contributed by atoms with Crippen molar-refractivity contribution < 1.29 is 9.53 Å². The molecular formula is C19H27N3O2. The molecule has 5 heteroatoms. The molecule has 130 valence electrons. The summed E-state index contributed by atoms with van der Waals surface area (Å²) in [5.74, 6) is 0.938. The van der Waals surface area contributed by atoms with Gasteiger partial charge in [-0.3, -0.25) is 0 Å². The molecule has 0 bridgehead atoms. The Labute approximate surface area is 143 Å². The number of amides is 2. The molecule has 2 heterocycles. The van der Waals surface area contributed by atoms with E-state index in [0.717, 1.165) is 56.5 Å². The van der Waals surface area contributed by atoms with Crippen molar-refractivity contribution in [2.24, 2.45) is 0 Å². The Morgan fingerprint density at radius 3 is 2.67 bits per heavy atom. The summed E-state index contributed by atoms with van der Waals surface area (Å²) in [7, 11) is 2.13. The highest BCUT2D eigenvalue weighted by Gasteiger charge is 2.45. The van der Waals surface area contributed by atoms with Gasteiger partial charge in [-0.15, -0.1) is 0 Å². The lowest BCUT2D eigenvalue weighted by Crippen LogP contribution is -2.52. The second-order valence-electron chi connectivity index (χ2n) is 7.63. The van der Waals surface area contributed by atoms with Gasteiger partial charge in [0.1, 0.15) is 11.4 Å². The summed E-state index contributed by atoms with van der Waals surface area (Å²) in [5, 5.41) is 6.38. The molecule has 1 atom stereocenters. The number of hydrogen-bond acceptors (Lipinski definition) is 3. The first-order valence-electron chi connectivity index (χ1n) is 9.17. The first kappa shape index (κ1) is 15.8. The lowest BCUT2D eigenvalue weighted by molar-refractivity contribution is -0.0356. The van der Waals surface area contributed by atoms with Crippen molar-refractivity contribution in [1.82, 2.24) is 15.5 Å². The highest BCUT2D eigenvalue weighted by atomic mass is 16.5. The molecule has 24 heavy (non-hydrogen) atoms. The topological polar surface area (TPSA) is 53.6 Å². The highest BCUT2D eigenvalue weighted by Crippen LogP contribution is 2.48. The summed E-state index contributed by atoms with van der Waals surface area (Å²) >= 11 is 0. The van der Waals surface area contributed by atoms with E-state index in [1.165, 1.54) is 6.42 Å². The molecule has 2 N–H and O–H groups in total. The quantitative estimate of drug-likeness (QED) is 0.877. The summed E-state index contributed by atoms with van der Waals surface area (Å²) in [6.45, 7) is 2.10. The molecule has 0 radical (unpaired) electrons. The van der Waals surface area contributed by atoms with Crippen molar-refractivity contribution in [3.05, 3.63) is 29.8 Å². The lowest BCUT2D eigenvalue weighted by atomic mass is 9.73. The second-order valence-corrected chi connectivity index (χ2v) is 7.63. The average molecular weight is 329 g/mol. The molecule has 2 aliphatic heterocycles. The van der Waals surface area contributed by atoms with E-state index in [9.17, 15) is 4.79 Å². The van der Waals surface area contributed by atoms with Gasteiger partial charge in [0.05, 0.1) is 6.04 Å². The minimum atomic E-state index is -0.0557. The van der Waals surface area contributed by atoms with Crippen LogP contribution in [-0.2, 0) is 0 Å². The summed E-state index contributed by atoms with van der Waals surface area (Å²) in [4.78, 5) is 14.8. The maximum absolute atomic E-state index is 12.5. The number of piperidine rings is 1. The fourth-order valence-electron chi connectivity index (χ4n) is 4.16. The molecule has 2 fully saturated rings. The number of likely N-dealkylation sites (tertiary alicyclic amines) is 1. The first-order chi connectivity index (χ1) is 11.6. The SMILES string of the molecule is CN1CCC(NC(=O)N[C@H]2CC3(CCC3)Oc3ccccc32)CC1. The predicted molar refractivity (Wildman–Crippen MR) is 93.2 cm³/mol. The molecule has 1 aliphatic carbocycles. The van der Waals surface area contributed by atoms with Crippen LogP contribution in [0.4, 0.5) is 4.79 Å². The van der Waals surface area contributed by atoms with Gasteiger partial charge in [0, 0.05) is 18.0 Å². The van der Waals surface area contributed by atoms with E-state index in [1.807, 2.05) is 18.2 Å². The maximum Gasteiger partial charge on any atom is 0.315 e. The number of hydrogen-bond donors (Lipinski definition) is 2. The average Bonchev–Trinajstić information content (AvgIpc) is 2.55. The maximum atomic E-state index is 12.5. The Kier molecular flexibility index (Phi) is 4.12. The number of nitrogens with zero attached hydrogens (tertiary/aromatic N) is 1. The number of rotatable bonds is 2. The Hall–Kier alpha value is -1.75. The van der Waals surface area contributed by atoms with Gasteiger partial charge in [0.2, 0.25) is 0 Å². The number of para-hydroxylation sites is 1. The number of carbonyl (C=O) groups excluding carboxylic acids is 1. The van der Waals surface area contributed by atoms with Crippen molar-refractivity contribution >= 4 is 6.03 Å². The van der Waals surface area contributed by atoms with Crippen molar-refractivity contribution in [2.45, 2.75) is 56.2 Å². The van der Waals surface area contributed by atoms with Gasteiger partial charge in [-0.05, 0) is 58.3 Å². The molecule has 1 aromatic carbocycles. The van der Waals surface area contributed by atoms with Crippen LogP contribution >= 0.6 is 0 Å². The number of fused-ring (bicyclic) bond motifs is 1. The molecule has 1 aromatic rings. The van der Waals surface area contributed by atoms with Crippen LogP contribution in [0.1, 0.15) is 50.1 Å². The summed E-state index contributed by atoms with van der Waals surface area (Å²) in [5.41, 5.74) is 1.05. The van der Waals surface area contributed by atoms with Gasteiger partial charge in [-0.2, -0.15) is 0 Å². The van der Waals surface area contributed by atoms with Crippen molar-refractivity contribution in [3.63, 3.8) is 0 Å². The smallest absolute Gasteiger partial charge is 0.315 e. The Bertz CT molecular complexity index is 606. The van der Waals surface area contributed by atoms with E-state index in [1.54, 1.807) is 0 Å². The van der Waals surface area contributed by atoms with Crippen LogP contribution < -0.4 is 15.4 Å². The van der Waals surface area contributed by atoms with Crippen LogP contribution in [0.3, 0.4) is 0 Å². The summed E-state index contributed by atoms with van der Waals surface area (Å²) < 4.78 is 6.25. The third-order valence-corrected chi connectivity index (χ3v) is 5.82. The standard InChI is InChI=1S/C19H27N3O2/c1-22-11-7-14(8-12-22)20-18(23)21-16-13-19(9-4-10-19)24-17-6-3-2-5-15(16)17/h2-3,5-6,14,16H,4,7-13H2,1H3,(H2,20,21,23)/t16-/m0/s1. The normalized spacial score (nSPS) is 26.1. The second kappa shape index (κ2) is 6.28. The van der Waals surface area contributed by atoms with Crippen molar-refractivity contribution in [2.75, 3.05) is 20.1 Å². The minimum Gasteiger partial charge on any atom is -0.487 e. The number of benzene rings is 1. The molecule has 0 unspecified atom stereocenters. The Balaban J connectivity index is 1.42. The molecule has 0 aromatic heterocycles. The Morgan fingerprint density at radius 2 is 1.96 bits per heavy atom. The molecule has 4 rings (SSSR count). The van der Waals surface area contributed by atoms with E-state index in [-0.39, 0.29) is 23.7 Å². The van der Waals surface area contributed by atoms with E-state index >= 15 is 0 Å². The third kappa shape index (κ3) is 3.09. The van der Waals surface area contributed by atoms with Gasteiger partial charge < -0.3 is 20.3 Å². The van der Waals surface area contributed by atoms with Crippen molar-refractivity contribution in [1.29, 1.82) is 0 Å². The van der Waals surface area contributed by atoms with Crippen molar-refractivity contribution in [3.8, 4) is 5.75 Å². The fourth-order valence-corrected chi connectivity index (χ4v) is 4.16. The summed E-state index contributed by atoms with van der Waals surface area (Å²) in [6, 6.07) is 8.41. The van der Waals surface area contributed by atoms with Gasteiger partial charge >= 0.3 is 6.03 Å². The molecule has 1 spiro atoms. The van der Waals surface area contributed by atoms with E-state index < -0.39 is 0 Å². The minimum absolute atomic E-state index is 0.0410. The van der Waals surface area contributed by atoms with Crippen LogP contribution in [0.15, 0.2) is 24.3 Å². The molecule has 1 saturated heterocycles. The number of ether oxygens (including phenoxy) is 1. The molecule has 2 amide bonds. The molecule has 3 aliphatic rings. The number of nitrogens with one attached hydrogen (secondary N) is 2. The largest absolute Gasteiger partial charge is 0.487 e. The zero-order valence-corrected chi connectivity index (χ0v) is 14.4. The Morgan fingerprint density at radius 1 is 1.21 bits per heavy atom. The van der Waals surface area contributed by atoms with Crippen LogP contribution in [0, 0.1) is 0 Å². The van der Waals surface area contributed by atoms with E-state index in [0.29, 0.717) is 0 Å². The highest BCUT2D eigenvalue weighted by molar-refractivity contribution is 5.75. The van der Waals surface area contributed by atoms with E-state index in [4.69, 9.17) is 4.74 Å². The van der Waals surface area contributed by atoms with E-state index in [2.05, 4.69) is 28.6 Å². The van der Waals surface area contributed by atoms with Crippen LogP contribution in [0.25, 0.3) is 0 Å². The van der Waals surface area contributed by atoms with Crippen LogP contribution in [0.5, 0.6) is 5.75 Å². The van der Waals surface area contributed by atoms with Gasteiger partial charge in [-0.25, -0.2) is 4.79 Å².